The van der Waals surface area contributed by atoms with Crippen LogP contribution >= 0.6 is 0 Å². The van der Waals surface area contributed by atoms with Gasteiger partial charge in [0, 0.05) is 81.7 Å². The maximum absolute atomic E-state index is 14.7. The molecule has 0 spiro atoms. The molecule has 10 rings (SSSR count). The number of rotatable bonds is 9. The molecule has 0 saturated carbocycles. The van der Waals surface area contributed by atoms with Crippen LogP contribution in [0.3, 0.4) is 0 Å². The number of aliphatic hydroxyl groups is 1. The summed E-state index contributed by atoms with van der Waals surface area (Å²) in [4.78, 5) is 37.7. The molecule has 0 radical (unpaired) electrons. The first-order valence-corrected chi connectivity index (χ1v) is 19.5. The Bertz CT molecular complexity index is 2920. The Kier molecular flexibility index (Phi) is 9.51. The second kappa shape index (κ2) is 15.0. The van der Waals surface area contributed by atoms with Gasteiger partial charge in [-0.2, -0.15) is 10.2 Å². The summed E-state index contributed by atoms with van der Waals surface area (Å²) in [5, 5.41) is 20.9. The van der Waals surface area contributed by atoms with Gasteiger partial charge in [-0.3, -0.25) is 28.1 Å². The van der Waals surface area contributed by atoms with Gasteiger partial charge in [0.25, 0.3) is 11.8 Å². The number of amides is 2. The molecule has 0 fully saturated rings. The van der Waals surface area contributed by atoms with Gasteiger partial charge in [0.2, 0.25) is 0 Å². The lowest BCUT2D eigenvalue weighted by Crippen LogP contribution is -2.23. The molecule has 0 aliphatic carbocycles. The number of anilines is 1. The molecule has 15 heteroatoms. The van der Waals surface area contributed by atoms with Crippen LogP contribution in [0.1, 0.15) is 45.7 Å². The van der Waals surface area contributed by atoms with E-state index >= 15 is 0 Å². The van der Waals surface area contributed by atoms with Crippen molar-refractivity contribution in [3.8, 4) is 33.6 Å². The number of aliphatic hydroxyl groups excluding tert-OH is 1. The minimum atomic E-state index is -0.484. The largest absolute Gasteiger partial charge is 0.395 e. The molecule has 2 aliphatic rings. The van der Waals surface area contributed by atoms with Crippen molar-refractivity contribution in [2.45, 2.75) is 26.9 Å². The maximum Gasteiger partial charge on any atom is 0.257 e. The number of carbonyl (C=O) groups is 2. The van der Waals surface area contributed by atoms with Gasteiger partial charge in [0.15, 0.2) is 0 Å². The van der Waals surface area contributed by atoms with Crippen molar-refractivity contribution >= 4 is 39.6 Å². The highest BCUT2D eigenvalue weighted by Gasteiger charge is 2.31. The van der Waals surface area contributed by atoms with E-state index in [1.165, 1.54) is 6.07 Å². The minimum Gasteiger partial charge on any atom is -0.395 e. The summed E-state index contributed by atoms with van der Waals surface area (Å²) in [6.07, 6.45) is 11.1. The van der Waals surface area contributed by atoms with Crippen LogP contribution in [0.5, 0.6) is 0 Å². The number of benzene rings is 4. The Balaban J connectivity index is 0.000000153. The van der Waals surface area contributed by atoms with Crippen LogP contribution in [0.4, 0.5) is 10.1 Å². The third-order valence-electron chi connectivity index (χ3n) is 11.0. The summed E-state index contributed by atoms with van der Waals surface area (Å²) in [6, 6.07) is 19.5. The van der Waals surface area contributed by atoms with Crippen molar-refractivity contribution in [3.05, 3.63) is 126 Å². The number of aromatic nitrogens is 8. The third-order valence-corrected chi connectivity index (χ3v) is 11.0. The average molecular weight is 792 g/mol. The van der Waals surface area contributed by atoms with Crippen molar-refractivity contribution in [2.75, 3.05) is 31.6 Å². The van der Waals surface area contributed by atoms with Crippen molar-refractivity contribution in [3.63, 3.8) is 0 Å². The highest BCUT2D eigenvalue weighted by atomic mass is 19.1. The number of nitrogens with zero attached hydrogens (tertiary/aromatic N) is 10. The normalized spacial score (nSPS) is 13.4. The molecule has 0 saturated heterocycles. The summed E-state index contributed by atoms with van der Waals surface area (Å²) in [5.41, 5.74) is 12.6. The number of imidazole rings is 2. The predicted molar refractivity (Wildman–Crippen MR) is 223 cm³/mol. The average Bonchev–Trinajstić information content (AvgIpc) is 4.11. The summed E-state index contributed by atoms with van der Waals surface area (Å²) < 4.78 is 22.1. The SMILES string of the molecule is CCN1Cc2cc(-n3cnc4cc(-c5cnn(C)c5)ccc43)cc(F)c2C1=O.CCN1Cc2cc(-n3cnc4cc(-c5cnn(C)c5)ccc43)cc(NCCO)c2C1=O. The van der Waals surface area contributed by atoms with Gasteiger partial charge >= 0.3 is 0 Å². The van der Waals surface area contributed by atoms with E-state index in [0.29, 0.717) is 44.0 Å². The van der Waals surface area contributed by atoms with E-state index in [2.05, 4.69) is 49.7 Å². The van der Waals surface area contributed by atoms with Gasteiger partial charge in [0.05, 0.1) is 57.9 Å². The van der Waals surface area contributed by atoms with E-state index in [9.17, 15) is 19.1 Å². The van der Waals surface area contributed by atoms with Gasteiger partial charge in [0.1, 0.15) is 18.5 Å². The molecule has 4 aromatic heterocycles. The molecule has 2 aliphatic heterocycles. The summed E-state index contributed by atoms with van der Waals surface area (Å²) >= 11 is 0. The zero-order valence-electron chi connectivity index (χ0n) is 33.1. The van der Waals surface area contributed by atoms with Crippen molar-refractivity contribution < 1.29 is 19.1 Å². The Labute approximate surface area is 338 Å². The first kappa shape index (κ1) is 37.4. The summed E-state index contributed by atoms with van der Waals surface area (Å²) in [6.45, 7) is 6.50. The van der Waals surface area contributed by atoms with Crippen LogP contribution < -0.4 is 5.32 Å². The number of halogens is 1. The van der Waals surface area contributed by atoms with Gasteiger partial charge in [-0.15, -0.1) is 0 Å². The number of carbonyl (C=O) groups excluding carboxylic acids is 2. The van der Waals surface area contributed by atoms with E-state index in [4.69, 9.17) is 0 Å². The standard InChI is InChI=1S/C23H24N6O2.C21H18FN5O/c1-3-28-13-16-8-18(10-20(24-6-7-30)22(16)23(28)31)29-14-25-19-9-15(4-5-21(19)29)17-11-26-27(2)12-17;1-3-26-11-14-6-16(8-17(22)20(14)21(26)28)27-12-23-18-7-13(4-5-19(18)27)15-9-24-25(2)10-15/h4-5,8-12,14,24,30H,3,6-7,13H2,1-2H3;4-10,12H,3,11H2,1-2H3. The van der Waals surface area contributed by atoms with Gasteiger partial charge in [-0.25, -0.2) is 14.4 Å². The van der Waals surface area contributed by atoms with E-state index in [1.807, 2.05) is 103 Å². The Hall–Kier alpha value is -7.13. The molecule has 0 unspecified atom stereocenters. The Morgan fingerprint density at radius 1 is 0.678 bits per heavy atom. The van der Waals surface area contributed by atoms with Gasteiger partial charge in [-0.1, -0.05) is 12.1 Å². The van der Waals surface area contributed by atoms with Crippen LogP contribution in [0.15, 0.2) is 98.1 Å². The zero-order chi connectivity index (χ0) is 40.9. The van der Waals surface area contributed by atoms with Crippen molar-refractivity contribution in [2.24, 2.45) is 14.1 Å². The monoisotopic (exact) mass is 791 g/mol. The lowest BCUT2D eigenvalue weighted by molar-refractivity contribution is 0.0777. The quantitative estimate of drug-likeness (QED) is 0.172. The number of hydrogen-bond donors (Lipinski definition) is 2. The summed E-state index contributed by atoms with van der Waals surface area (Å²) in [5.74, 6) is -0.693. The molecule has 0 atom stereocenters. The Morgan fingerprint density at radius 2 is 1.19 bits per heavy atom. The molecule has 59 heavy (non-hydrogen) atoms. The summed E-state index contributed by atoms with van der Waals surface area (Å²) in [7, 11) is 3.78. The van der Waals surface area contributed by atoms with Crippen LogP contribution in [0, 0.1) is 5.82 Å². The highest BCUT2D eigenvalue weighted by Crippen LogP contribution is 2.35. The number of aryl methyl sites for hydroxylation is 2. The first-order valence-electron chi connectivity index (χ1n) is 19.5. The molecular formula is C44H42FN11O3. The lowest BCUT2D eigenvalue weighted by atomic mass is 10.1. The van der Waals surface area contributed by atoms with Gasteiger partial charge < -0.3 is 20.2 Å². The van der Waals surface area contributed by atoms with Crippen LogP contribution in [0.25, 0.3) is 55.7 Å². The fraction of sp³-hybridized carbons (Fsp3) is 0.227. The van der Waals surface area contributed by atoms with E-state index in [0.717, 1.165) is 66.8 Å². The molecule has 4 aromatic carbocycles. The van der Waals surface area contributed by atoms with E-state index in [1.54, 1.807) is 20.6 Å². The molecule has 2 amide bonds. The first-order chi connectivity index (χ1) is 28.6. The lowest BCUT2D eigenvalue weighted by Gasteiger charge is -2.13. The second-order valence-electron chi connectivity index (χ2n) is 14.7. The number of nitrogens with one attached hydrogen (secondary N) is 1. The third kappa shape index (κ3) is 6.68. The second-order valence-corrected chi connectivity index (χ2v) is 14.7. The van der Waals surface area contributed by atoms with E-state index < -0.39 is 5.82 Å². The molecule has 8 aromatic rings. The predicted octanol–water partition coefficient (Wildman–Crippen LogP) is 6.35. The topological polar surface area (TPSA) is 144 Å². The number of hydrogen-bond acceptors (Lipinski definition) is 8. The molecule has 6 heterocycles. The van der Waals surface area contributed by atoms with Crippen molar-refractivity contribution in [1.29, 1.82) is 0 Å². The molecule has 298 valence electrons. The molecular weight excluding hydrogens is 750 g/mol. The minimum absolute atomic E-state index is 0.00416. The molecule has 0 bridgehead atoms. The smallest absolute Gasteiger partial charge is 0.257 e. The maximum atomic E-state index is 14.7. The molecule has 14 nitrogen and oxygen atoms in total. The van der Waals surface area contributed by atoms with Gasteiger partial charge in [-0.05, 0) is 84.6 Å². The Morgan fingerprint density at radius 3 is 1.68 bits per heavy atom. The van der Waals surface area contributed by atoms with Crippen LogP contribution in [0.2, 0.25) is 0 Å². The zero-order valence-corrected chi connectivity index (χ0v) is 33.1. The highest BCUT2D eigenvalue weighted by molar-refractivity contribution is 6.04. The fourth-order valence-electron chi connectivity index (χ4n) is 8.00. The molecule has 2 N–H and O–H groups in total. The van der Waals surface area contributed by atoms with Crippen molar-refractivity contribution in [1.82, 2.24) is 48.5 Å². The number of fused-ring (bicyclic) bond motifs is 4. The van der Waals surface area contributed by atoms with E-state index in [-0.39, 0.29) is 24.0 Å². The van der Waals surface area contributed by atoms with Crippen LogP contribution in [-0.4, -0.2) is 91.6 Å². The van der Waals surface area contributed by atoms with Crippen LogP contribution in [-0.2, 0) is 27.2 Å². The fourth-order valence-corrected chi connectivity index (χ4v) is 8.00.